The van der Waals surface area contributed by atoms with Gasteiger partial charge in [-0.2, -0.15) is 0 Å². The van der Waals surface area contributed by atoms with Crippen LogP contribution in [-0.4, -0.2) is 24.7 Å². The second kappa shape index (κ2) is 6.46. The van der Waals surface area contributed by atoms with Crippen LogP contribution < -0.4 is 5.32 Å². The number of alkyl halides is 1. The third-order valence-electron chi connectivity index (χ3n) is 4.76. The molecule has 2 aliphatic rings. The average molecular weight is 421 g/mol. The fourth-order valence-corrected chi connectivity index (χ4v) is 3.71. The Balaban J connectivity index is 1.70. The molecule has 4 rings (SSSR count). The number of carbonyl (C=O) groups excluding carboxylic acids is 1. The molecule has 1 fully saturated rings. The molecule has 1 N–H and O–H groups in total. The molecule has 0 radical (unpaired) electrons. The Bertz CT molecular complexity index is 890. The number of hydrogen-bond donors (Lipinski definition) is 1. The summed E-state index contributed by atoms with van der Waals surface area (Å²) in [5, 5.41) is 2.57. The van der Waals surface area contributed by atoms with Crippen LogP contribution in [0.25, 0.3) is 0 Å². The maximum Gasteiger partial charge on any atom is 0.292 e. The molecule has 1 aliphatic heterocycles. The smallest absolute Gasteiger partial charge is 0.292 e. The third-order valence-corrected chi connectivity index (χ3v) is 5.26. The number of benzene rings is 2. The van der Waals surface area contributed by atoms with Gasteiger partial charge in [-0.25, -0.2) is 13.8 Å². The molecular formula is C19H15BrF2N2O2. The van der Waals surface area contributed by atoms with Gasteiger partial charge in [0.15, 0.2) is 0 Å². The van der Waals surface area contributed by atoms with Gasteiger partial charge >= 0.3 is 0 Å². The van der Waals surface area contributed by atoms with E-state index in [1.54, 1.807) is 36.4 Å². The van der Waals surface area contributed by atoms with Gasteiger partial charge in [-0.15, -0.1) is 0 Å². The van der Waals surface area contributed by atoms with Crippen LogP contribution in [0.1, 0.15) is 22.3 Å². The Morgan fingerprint density at radius 3 is 2.81 bits per heavy atom. The van der Waals surface area contributed by atoms with Gasteiger partial charge in [-0.3, -0.25) is 10.1 Å². The molecule has 134 valence electrons. The standard InChI is InChI=1S/C19H15BrF2N2O2/c20-12-6-7-15(22)13(8-12)19(10-21)14-9-16(14)26-18(24-19)23-17(25)11-4-2-1-3-5-11/h1-8,14,16H,9-10H2,(H,23,24,25)/t14-,16?,19+/m0/s1. The van der Waals surface area contributed by atoms with Crippen molar-refractivity contribution in [1.29, 1.82) is 0 Å². The second-order valence-electron chi connectivity index (χ2n) is 6.42. The largest absolute Gasteiger partial charge is 0.461 e. The number of hydrogen-bond acceptors (Lipinski definition) is 3. The molecule has 26 heavy (non-hydrogen) atoms. The third kappa shape index (κ3) is 2.90. The van der Waals surface area contributed by atoms with Crippen LogP contribution in [0.15, 0.2) is 58.0 Å². The van der Waals surface area contributed by atoms with Crippen LogP contribution in [0, 0.1) is 11.7 Å². The van der Waals surface area contributed by atoms with E-state index < -0.39 is 23.9 Å². The molecule has 3 atom stereocenters. The summed E-state index contributed by atoms with van der Waals surface area (Å²) in [6.45, 7) is -0.879. The molecule has 7 heteroatoms. The number of carbonyl (C=O) groups is 1. The number of nitrogens with zero attached hydrogens (tertiary/aromatic N) is 1. The lowest BCUT2D eigenvalue weighted by Crippen LogP contribution is -2.43. The minimum atomic E-state index is -1.39. The van der Waals surface area contributed by atoms with Crippen molar-refractivity contribution in [2.75, 3.05) is 6.67 Å². The predicted octanol–water partition coefficient (Wildman–Crippen LogP) is 3.96. The maximum atomic E-state index is 14.4. The molecule has 2 aromatic rings. The quantitative estimate of drug-likeness (QED) is 0.816. The highest BCUT2D eigenvalue weighted by Gasteiger charge is 2.60. The Morgan fingerprint density at radius 1 is 1.31 bits per heavy atom. The van der Waals surface area contributed by atoms with Crippen LogP contribution in [-0.2, 0) is 10.3 Å². The molecule has 0 spiro atoms. The van der Waals surface area contributed by atoms with E-state index in [1.165, 1.54) is 12.1 Å². The summed E-state index contributed by atoms with van der Waals surface area (Å²) in [5.41, 5.74) is -0.802. The van der Waals surface area contributed by atoms with Crippen LogP contribution in [0.4, 0.5) is 8.78 Å². The highest BCUT2D eigenvalue weighted by atomic mass is 79.9. The topological polar surface area (TPSA) is 50.7 Å². The lowest BCUT2D eigenvalue weighted by molar-refractivity contribution is 0.0950. The van der Waals surface area contributed by atoms with E-state index >= 15 is 0 Å². The summed E-state index contributed by atoms with van der Waals surface area (Å²) in [4.78, 5) is 16.7. The molecular weight excluding hydrogens is 406 g/mol. The first-order valence-electron chi connectivity index (χ1n) is 8.18. The number of aliphatic imine (C=N–C) groups is 1. The number of rotatable bonds is 3. The summed E-state index contributed by atoms with van der Waals surface area (Å²) < 4.78 is 34.9. The zero-order valence-electron chi connectivity index (χ0n) is 13.6. The summed E-state index contributed by atoms with van der Waals surface area (Å²) in [7, 11) is 0. The fourth-order valence-electron chi connectivity index (χ4n) is 3.34. The molecule has 1 saturated carbocycles. The highest BCUT2D eigenvalue weighted by molar-refractivity contribution is 9.10. The number of amides is 1. The Hall–Kier alpha value is -2.28. The second-order valence-corrected chi connectivity index (χ2v) is 7.33. The van der Waals surface area contributed by atoms with E-state index in [0.717, 1.165) is 0 Å². The van der Waals surface area contributed by atoms with Crippen LogP contribution in [0.2, 0.25) is 0 Å². The monoisotopic (exact) mass is 420 g/mol. The predicted molar refractivity (Wildman–Crippen MR) is 96.1 cm³/mol. The molecule has 0 bridgehead atoms. The number of halogens is 3. The van der Waals surface area contributed by atoms with E-state index in [9.17, 15) is 13.6 Å². The van der Waals surface area contributed by atoms with Crippen LogP contribution in [0.5, 0.6) is 0 Å². The normalized spacial score (nSPS) is 26.3. The van der Waals surface area contributed by atoms with Gasteiger partial charge in [0.25, 0.3) is 11.9 Å². The molecule has 1 aliphatic carbocycles. The lowest BCUT2D eigenvalue weighted by atomic mass is 9.85. The van der Waals surface area contributed by atoms with E-state index in [0.29, 0.717) is 16.5 Å². The SMILES string of the molecule is O=C(NC1=N[C@](CF)(c2cc(Br)ccc2F)[C@H]2CC2O1)c1ccccc1. The highest BCUT2D eigenvalue weighted by Crippen LogP contribution is 2.54. The summed E-state index contributed by atoms with van der Waals surface area (Å²) in [6, 6.07) is 12.9. The van der Waals surface area contributed by atoms with Gasteiger partial charge in [0.05, 0.1) is 0 Å². The van der Waals surface area contributed by atoms with Crippen molar-refractivity contribution in [2.45, 2.75) is 18.1 Å². The van der Waals surface area contributed by atoms with E-state index in [-0.39, 0.29) is 23.6 Å². The Morgan fingerprint density at radius 2 is 2.08 bits per heavy atom. The molecule has 0 aromatic heterocycles. The lowest BCUT2D eigenvalue weighted by Gasteiger charge is -2.32. The maximum absolute atomic E-state index is 14.4. The molecule has 4 nitrogen and oxygen atoms in total. The van der Waals surface area contributed by atoms with Crippen molar-refractivity contribution in [1.82, 2.24) is 5.32 Å². The van der Waals surface area contributed by atoms with Crippen molar-refractivity contribution in [3.63, 3.8) is 0 Å². The number of amidine groups is 1. The van der Waals surface area contributed by atoms with Gasteiger partial charge < -0.3 is 4.74 Å². The minimum Gasteiger partial charge on any atom is -0.461 e. The zero-order valence-corrected chi connectivity index (χ0v) is 15.2. The Labute approximate surface area is 157 Å². The Kier molecular flexibility index (Phi) is 4.26. The van der Waals surface area contributed by atoms with E-state index in [4.69, 9.17) is 4.74 Å². The minimum absolute atomic E-state index is 0.0744. The first-order valence-corrected chi connectivity index (χ1v) is 8.97. The van der Waals surface area contributed by atoms with Gasteiger partial charge in [-0.1, -0.05) is 34.1 Å². The van der Waals surface area contributed by atoms with Gasteiger partial charge in [0, 0.05) is 21.5 Å². The van der Waals surface area contributed by atoms with Gasteiger partial charge in [0.1, 0.15) is 24.1 Å². The number of nitrogens with one attached hydrogen (secondary N) is 1. The summed E-state index contributed by atoms with van der Waals surface area (Å²) >= 11 is 3.30. The van der Waals surface area contributed by atoms with Crippen molar-refractivity contribution >= 4 is 27.9 Å². The van der Waals surface area contributed by atoms with Crippen molar-refractivity contribution in [3.8, 4) is 0 Å². The molecule has 0 saturated heterocycles. The van der Waals surface area contributed by atoms with Crippen molar-refractivity contribution < 1.29 is 18.3 Å². The van der Waals surface area contributed by atoms with Gasteiger partial charge in [0.2, 0.25) is 0 Å². The van der Waals surface area contributed by atoms with Gasteiger partial charge in [-0.05, 0) is 36.8 Å². The van der Waals surface area contributed by atoms with E-state index in [1.807, 2.05) is 0 Å². The van der Waals surface area contributed by atoms with Crippen molar-refractivity contribution in [2.24, 2.45) is 10.9 Å². The van der Waals surface area contributed by atoms with E-state index in [2.05, 4.69) is 26.2 Å². The zero-order chi connectivity index (χ0) is 18.3. The van der Waals surface area contributed by atoms with Crippen molar-refractivity contribution in [3.05, 3.63) is 69.9 Å². The first kappa shape index (κ1) is 17.1. The fraction of sp³-hybridized carbons (Fsp3) is 0.263. The van der Waals surface area contributed by atoms with Crippen LogP contribution >= 0.6 is 15.9 Å². The summed E-state index contributed by atoms with van der Waals surface area (Å²) in [5.74, 6) is -1.20. The molecule has 1 amide bonds. The number of fused-ring (bicyclic) bond motifs is 1. The average Bonchev–Trinajstić information content (AvgIpc) is 3.44. The molecule has 1 heterocycles. The first-order chi connectivity index (χ1) is 12.5. The molecule has 2 aromatic carbocycles. The van der Waals surface area contributed by atoms with Crippen LogP contribution in [0.3, 0.4) is 0 Å². The molecule has 1 unspecified atom stereocenters. The summed E-state index contributed by atoms with van der Waals surface area (Å²) in [6.07, 6.45) is 0.275. The number of ether oxygens (including phenoxy) is 1.